The first kappa shape index (κ1) is 13.8. The SMILES string of the molecule is CC(C)NC(=O)C(C1CCCC1)N1CCNCC1. The number of rotatable bonds is 4. The van der Waals surface area contributed by atoms with Gasteiger partial charge in [0, 0.05) is 32.2 Å². The largest absolute Gasteiger partial charge is 0.353 e. The second-order valence-corrected chi connectivity index (χ2v) is 5.94. The molecule has 4 nitrogen and oxygen atoms in total. The first-order chi connectivity index (χ1) is 8.68. The van der Waals surface area contributed by atoms with Crippen molar-refractivity contribution in [1.82, 2.24) is 15.5 Å². The molecular formula is C14H27N3O. The smallest absolute Gasteiger partial charge is 0.237 e. The number of amides is 1. The van der Waals surface area contributed by atoms with Gasteiger partial charge in [-0.25, -0.2) is 0 Å². The standard InChI is InChI=1S/C14H27N3O/c1-11(2)16-14(18)13(12-5-3-4-6-12)17-9-7-15-8-10-17/h11-13,15H,3-10H2,1-2H3,(H,16,18). The van der Waals surface area contributed by atoms with Crippen molar-refractivity contribution in [3.8, 4) is 0 Å². The zero-order chi connectivity index (χ0) is 13.0. The number of carbonyl (C=O) groups excluding carboxylic acids is 1. The lowest BCUT2D eigenvalue weighted by Gasteiger charge is -2.37. The van der Waals surface area contributed by atoms with Gasteiger partial charge < -0.3 is 10.6 Å². The fourth-order valence-electron chi connectivity index (χ4n) is 3.28. The van der Waals surface area contributed by atoms with E-state index in [0.29, 0.717) is 5.92 Å². The number of piperazine rings is 1. The van der Waals surface area contributed by atoms with Crippen LogP contribution in [-0.2, 0) is 4.79 Å². The summed E-state index contributed by atoms with van der Waals surface area (Å²) < 4.78 is 0. The summed E-state index contributed by atoms with van der Waals surface area (Å²) in [7, 11) is 0. The molecule has 0 radical (unpaired) electrons. The average Bonchev–Trinajstić information content (AvgIpc) is 2.83. The van der Waals surface area contributed by atoms with E-state index in [4.69, 9.17) is 0 Å². The molecule has 2 fully saturated rings. The molecule has 4 heteroatoms. The highest BCUT2D eigenvalue weighted by atomic mass is 16.2. The maximum absolute atomic E-state index is 12.5. The van der Waals surface area contributed by atoms with E-state index in [1.54, 1.807) is 0 Å². The Kier molecular flexibility index (Phi) is 5.01. The van der Waals surface area contributed by atoms with Crippen LogP contribution in [0, 0.1) is 5.92 Å². The van der Waals surface area contributed by atoms with Gasteiger partial charge in [0.25, 0.3) is 0 Å². The second kappa shape index (κ2) is 6.53. The normalized spacial score (nSPS) is 24.4. The van der Waals surface area contributed by atoms with E-state index < -0.39 is 0 Å². The van der Waals surface area contributed by atoms with Gasteiger partial charge in [-0.15, -0.1) is 0 Å². The van der Waals surface area contributed by atoms with Crippen molar-refractivity contribution in [3.05, 3.63) is 0 Å². The number of nitrogens with one attached hydrogen (secondary N) is 2. The summed E-state index contributed by atoms with van der Waals surface area (Å²) in [5, 5.41) is 6.48. The van der Waals surface area contributed by atoms with Crippen molar-refractivity contribution in [2.75, 3.05) is 26.2 Å². The van der Waals surface area contributed by atoms with E-state index in [0.717, 1.165) is 26.2 Å². The second-order valence-electron chi connectivity index (χ2n) is 5.94. The Balaban J connectivity index is 2.03. The van der Waals surface area contributed by atoms with Gasteiger partial charge in [0.15, 0.2) is 0 Å². The number of carbonyl (C=O) groups is 1. The lowest BCUT2D eigenvalue weighted by atomic mass is 9.95. The van der Waals surface area contributed by atoms with Gasteiger partial charge in [-0.2, -0.15) is 0 Å². The van der Waals surface area contributed by atoms with Crippen molar-refractivity contribution in [3.63, 3.8) is 0 Å². The molecule has 2 N–H and O–H groups in total. The lowest BCUT2D eigenvalue weighted by Crippen LogP contribution is -2.57. The monoisotopic (exact) mass is 253 g/mol. The molecule has 1 saturated heterocycles. The highest BCUT2D eigenvalue weighted by molar-refractivity contribution is 5.82. The van der Waals surface area contributed by atoms with Gasteiger partial charge in [-0.1, -0.05) is 12.8 Å². The quantitative estimate of drug-likeness (QED) is 0.785. The van der Waals surface area contributed by atoms with Crippen molar-refractivity contribution in [2.24, 2.45) is 5.92 Å². The number of hydrogen-bond donors (Lipinski definition) is 2. The Morgan fingerprint density at radius 2 is 1.83 bits per heavy atom. The molecule has 1 aliphatic carbocycles. The summed E-state index contributed by atoms with van der Waals surface area (Å²) >= 11 is 0. The molecule has 1 amide bonds. The minimum absolute atomic E-state index is 0.108. The predicted molar refractivity (Wildman–Crippen MR) is 73.5 cm³/mol. The highest BCUT2D eigenvalue weighted by Gasteiger charge is 2.35. The molecule has 0 bridgehead atoms. The zero-order valence-electron chi connectivity index (χ0n) is 11.7. The van der Waals surface area contributed by atoms with Crippen LogP contribution < -0.4 is 10.6 Å². The van der Waals surface area contributed by atoms with E-state index in [-0.39, 0.29) is 18.0 Å². The van der Waals surface area contributed by atoms with Crippen LogP contribution in [0.25, 0.3) is 0 Å². The summed E-state index contributed by atoms with van der Waals surface area (Å²) in [5.41, 5.74) is 0. The molecule has 2 aliphatic rings. The van der Waals surface area contributed by atoms with Gasteiger partial charge in [-0.05, 0) is 32.6 Å². The van der Waals surface area contributed by atoms with E-state index in [1.807, 2.05) is 13.8 Å². The first-order valence-electron chi connectivity index (χ1n) is 7.43. The maximum atomic E-state index is 12.5. The summed E-state index contributed by atoms with van der Waals surface area (Å²) in [4.78, 5) is 14.9. The average molecular weight is 253 g/mol. The Labute approximate surface area is 110 Å². The number of hydrogen-bond acceptors (Lipinski definition) is 3. The first-order valence-corrected chi connectivity index (χ1v) is 7.43. The van der Waals surface area contributed by atoms with E-state index in [1.165, 1.54) is 25.7 Å². The molecular weight excluding hydrogens is 226 g/mol. The van der Waals surface area contributed by atoms with Crippen LogP contribution in [0.2, 0.25) is 0 Å². The molecule has 0 aromatic heterocycles. The van der Waals surface area contributed by atoms with Crippen molar-refractivity contribution < 1.29 is 4.79 Å². The summed E-state index contributed by atoms with van der Waals surface area (Å²) in [6.45, 7) is 8.12. The summed E-state index contributed by atoms with van der Waals surface area (Å²) in [5.74, 6) is 0.820. The van der Waals surface area contributed by atoms with Gasteiger partial charge in [0.1, 0.15) is 0 Å². The topological polar surface area (TPSA) is 44.4 Å². The molecule has 0 aromatic carbocycles. The predicted octanol–water partition coefficient (Wildman–Crippen LogP) is 0.975. The van der Waals surface area contributed by atoms with Crippen molar-refractivity contribution >= 4 is 5.91 Å². The van der Waals surface area contributed by atoms with Crippen LogP contribution in [-0.4, -0.2) is 49.1 Å². The third kappa shape index (κ3) is 3.45. The van der Waals surface area contributed by atoms with Crippen molar-refractivity contribution in [2.45, 2.75) is 51.6 Å². The third-order valence-corrected chi connectivity index (χ3v) is 4.09. The molecule has 1 unspecified atom stereocenters. The van der Waals surface area contributed by atoms with Gasteiger partial charge in [0.05, 0.1) is 6.04 Å². The highest BCUT2D eigenvalue weighted by Crippen LogP contribution is 2.30. The molecule has 0 aromatic rings. The minimum atomic E-state index is 0.108. The van der Waals surface area contributed by atoms with Crippen LogP contribution in [0.5, 0.6) is 0 Å². The summed E-state index contributed by atoms with van der Waals surface area (Å²) in [6.07, 6.45) is 5.03. The van der Waals surface area contributed by atoms with Gasteiger partial charge >= 0.3 is 0 Å². The number of nitrogens with zero attached hydrogens (tertiary/aromatic N) is 1. The van der Waals surface area contributed by atoms with Crippen LogP contribution in [0.1, 0.15) is 39.5 Å². The van der Waals surface area contributed by atoms with E-state index in [9.17, 15) is 4.79 Å². The van der Waals surface area contributed by atoms with Crippen LogP contribution in [0.4, 0.5) is 0 Å². The molecule has 1 heterocycles. The summed E-state index contributed by atoms with van der Waals surface area (Å²) in [6, 6.07) is 0.348. The van der Waals surface area contributed by atoms with E-state index >= 15 is 0 Å². The van der Waals surface area contributed by atoms with Crippen LogP contribution in [0.15, 0.2) is 0 Å². The molecule has 1 saturated carbocycles. The van der Waals surface area contributed by atoms with Gasteiger partial charge in [0.2, 0.25) is 5.91 Å². The fourth-order valence-corrected chi connectivity index (χ4v) is 3.28. The van der Waals surface area contributed by atoms with Crippen LogP contribution >= 0.6 is 0 Å². The molecule has 18 heavy (non-hydrogen) atoms. The molecule has 2 rings (SSSR count). The van der Waals surface area contributed by atoms with E-state index in [2.05, 4.69) is 15.5 Å². The minimum Gasteiger partial charge on any atom is -0.353 e. The molecule has 104 valence electrons. The molecule has 0 spiro atoms. The zero-order valence-corrected chi connectivity index (χ0v) is 11.7. The maximum Gasteiger partial charge on any atom is 0.237 e. The van der Waals surface area contributed by atoms with Gasteiger partial charge in [-0.3, -0.25) is 9.69 Å². The molecule has 1 atom stereocenters. The van der Waals surface area contributed by atoms with Crippen molar-refractivity contribution in [1.29, 1.82) is 0 Å². The Bertz CT molecular complexity index is 268. The lowest BCUT2D eigenvalue weighted by molar-refractivity contribution is -0.129. The third-order valence-electron chi connectivity index (χ3n) is 4.09. The Morgan fingerprint density at radius 3 is 2.39 bits per heavy atom. The Hall–Kier alpha value is -0.610. The molecule has 1 aliphatic heterocycles. The fraction of sp³-hybridized carbons (Fsp3) is 0.929. The Morgan fingerprint density at radius 1 is 1.22 bits per heavy atom. The van der Waals surface area contributed by atoms with Crippen LogP contribution in [0.3, 0.4) is 0 Å².